The molecule has 0 N–H and O–H groups in total. The molecule has 0 saturated heterocycles. The first-order chi connectivity index (χ1) is 7.86. The summed E-state index contributed by atoms with van der Waals surface area (Å²) in [6.45, 7) is 4.46. The van der Waals surface area contributed by atoms with Crippen LogP contribution in [0.4, 0.5) is 0 Å². The summed E-state index contributed by atoms with van der Waals surface area (Å²) in [5.41, 5.74) is 5.69. The van der Waals surface area contributed by atoms with Crippen molar-refractivity contribution in [2.24, 2.45) is 0 Å². The number of hydrogen-bond acceptors (Lipinski definition) is 0. The average molecular weight is 258 g/mol. The molecule has 17 heavy (non-hydrogen) atoms. The Balaban J connectivity index is 0.00000144. The standard InChI is InChI=1S/C16H18.Ti/c1-3-13-11-8-12-16(15(13)4-2)14-9-6-5-7-10-14;/h5-12H,3-4H2,1-2H3;. The third kappa shape index (κ3) is 3.09. The number of hydrogen-bond donors (Lipinski definition) is 0. The van der Waals surface area contributed by atoms with Gasteiger partial charge >= 0.3 is 0 Å². The fourth-order valence-electron chi connectivity index (χ4n) is 2.27. The van der Waals surface area contributed by atoms with E-state index in [1.165, 1.54) is 22.3 Å². The van der Waals surface area contributed by atoms with Crippen LogP contribution < -0.4 is 0 Å². The minimum absolute atomic E-state index is 0. The van der Waals surface area contributed by atoms with Crippen molar-refractivity contribution in [2.45, 2.75) is 26.7 Å². The Bertz CT molecular complexity index is 460. The fraction of sp³-hybridized carbons (Fsp3) is 0.250. The molecule has 0 aliphatic heterocycles. The van der Waals surface area contributed by atoms with Gasteiger partial charge in [0.1, 0.15) is 0 Å². The average Bonchev–Trinajstić information content (AvgIpc) is 2.38. The predicted molar refractivity (Wildman–Crippen MR) is 70.6 cm³/mol. The SMILES string of the molecule is CCc1cccc(-c2ccccc2)c1CC.[Ti]. The van der Waals surface area contributed by atoms with Gasteiger partial charge in [-0.15, -0.1) is 0 Å². The second-order valence-electron chi connectivity index (χ2n) is 4.02. The molecule has 1 heteroatoms. The van der Waals surface area contributed by atoms with Crippen molar-refractivity contribution < 1.29 is 21.7 Å². The molecule has 0 amide bonds. The second-order valence-corrected chi connectivity index (χ2v) is 4.02. The van der Waals surface area contributed by atoms with E-state index in [1.54, 1.807) is 0 Å². The molecule has 0 aliphatic rings. The van der Waals surface area contributed by atoms with Crippen molar-refractivity contribution in [2.75, 3.05) is 0 Å². The van der Waals surface area contributed by atoms with Crippen LogP contribution in [0.5, 0.6) is 0 Å². The summed E-state index contributed by atoms with van der Waals surface area (Å²) in [7, 11) is 0. The summed E-state index contributed by atoms with van der Waals surface area (Å²) in [4.78, 5) is 0. The molecule has 2 rings (SSSR count). The predicted octanol–water partition coefficient (Wildman–Crippen LogP) is 4.48. The summed E-state index contributed by atoms with van der Waals surface area (Å²) >= 11 is 0. The molecule has 0 radical (unpaired) electrons. The van der Waals surface area contributed by atoms with Gasteiger partial charge in [0, 0.05) is 21.7 Å². The molecule has 0 bridgehead atoms. The molecule has 86 valence electrons. The van der Waals surface area contributed by atoms with Gasteiger partial charge in [-0.25, -0.2) is 0 Å². The first-order valence-corrected chi connectivity index (χ1v) is 6.03. The number of rotatable bonds is 3. The molecule has 0 unspecified atom stereocenters. The van der Waals surface area contributed by atoms with E-state index >= 15 is 0 Å². The van der Waals surface area contributed by atoms with Gasteiger partial charge in [-0.1, -0.05) is 62.4 Å². The third-order valence-corrected chi connectivity index (χ3v) is 3.09. The topological polar surface area (TPSA) is 0 Å². The minimum atomic E-state index is 0. The minimum Gasteiger partial charge on any atom is -0.0622 e. The molecule has 0 spiro atoms. The Hall–Kier alpha value is -0.846. The van der Waals surface area contributed by atoms with Crippen molar-refractivity contribution in [3.8, 4) is 11.1 Å². The Morgan fingerprint density at radius 1 is 0.765 bits per heavy atom. The van der Waals surface area contributed by atoms with Crippen LogP contribution in [0.15, 0.2) is 48.5 Å². The molecular formula is C16H18Ti. The normalized spacial score (nSPS) is 9.76. The fourth-order valence-corrected chi connectivity index (χ4v) is 2.27. The molecule has 2 aromatic rings. The monoisotopic (exact) mass is 258 g/mol. The first-order valence-electron chi connectivity index (χ1n) is 6.03. The number of benzene rings is 2. The molecule has 0 nitrogen and oxygen atoms in total. The van der Waals surface area contributed by atoms with Gasteiger partial charge in [-0.2, -0.15) is 0 Å². The van der Waals surface area contributed by atoms with Crippen LogP contribution in [0.2, 0.25) is 0 Å². The van der Waals surface area contributed by atoms with Gasteiger partial charge in [0.2, 0.25) is 0 Å². The third-order valence-electron chi connectivity index (χ3n) is 3.09. The first kappa shape index (κ1) is 14.2. The maximum absolute atomic E-state index is 2.24. The van der Waals surface area contributed by atoms with Crippen LogP contribution >= 0.6 is 0 Å². The molecule has 2 aromatic carbocycles. The Labute approximate surface area is 119 Å². The van der Waals surface area contributed by atoms with Crippen molar-refractivity contribution in [3.05, 3.63) is 59.7 Å². The van der Waals surface area contributed by atoms with E-state index in [0.717, 1.165) is 12.8 Å². The Morgan fingerprint density at radius 2 is 1.47 bits per heavy atom. The van der Waals surface area contributed by atoms with Crippen molar-refractivity contribution in [3.63, 3.8) is 0 Å². The van der Waals surface area contributed by atoms with Crippen LogP contribution in [0.25, 0.3) is 11.1 Å². The van der Waals surface area contributed by atoms with Crippen LogP contribution in [0, 0.1) is 0 Å². The molecule has 0 aliphatic carbocycles. The van der Waals surface area contributed by atoms with Gasteiger partial charge in [0.25, 0.3) is 0 Å². The van der Waals surface area contributed by atoms with E-state index in [4.69, 9.17) is 0 Å². The smallest absolute Gasteiger partial charge is 0 e. The largest absolute Gasteiger partial charge is 0.0622 e. The van der Waals surface area contributed by atoms with E-state index in [0.29, 0.717) is 0 Å². The van der Waals surface area contributed by atoms with Gasteiger partial charge in [-0.3, -0.25) is 0 Å². The maximum atomic E-state index is 2.24. The maximum Gasteiger partial charge on any atom is 0 e. The van der Waals surface area contributed by atoms with Gasteiger partial charge in [0.15, 0.2) is 0 Å². The van der Waals surface area contributed by atoms with E-state index < -0.39 is 0 Å². The van der Waals surface area contributed by atoms with Crippen LogP contribution in [0.3, 0.4) is 0 Å². The van der Waals surface area contributed by atoms with Gasteiger partial charge in [-0.05, 0) is 35.1 Å². The zero-order chi connectivity index (χ0) is 11.4. The summed E-state index contributed by atoms with van der Waals surface area (Å²) < 4.78 is 0. The molecule has 0 fully saturated rings. The molecule has 0 atom stereocenters. The summed E-state index contributed by atoms with van der Waals surface area (Å²) in [5, 5.41) is 0. The Kier molecular flexibility index (Phi) is 5.67. The quantitative estimate of drug-likeness (QED) is 0.712. The molecule has 0 saturated carbocycles. The summed E-state index contributed by atoms with van der Waals surface area (Å²) in [6, 6.07) is 17.3. The summed E-state index contributed by atoms with van der Waals surface area (Å²) in [6.07, 6.45) is 2.22. The van der Waals surface area contributed by atoms with Crippen LogP contribution in [-0.2, 0) is 34.6 Å². The van der Waals surface area contributed by atoms with E-state index in [1.807, 2.05) is 0 Å². The molecule has 0 heterocycles. The molecule has 0 aromatic heterocycles. The molecular weight excluding hydrogens is 240 g/mol. The zero-order valence-electron chi connectivity index (χ0n) is 10.5. The van der Waals surface area contributed by atoms with E-state index in [2.05, 4.69) is 62.4 Å². The van der Waals surface area contributed by atoms with Crippen molar-refractivity contribution in [1.82, 2.24) is 0 Å². The Morgan fingerprint density at radius 3 is 2.06 bits per heavy atom. The van der Waals surface area contributed by atoms with Crippen LogP contribution in [-0.4, -0.2) is 0 Å². The number of aryl methyl sites for hydroxylation is 1. The van der Waals surface area contributed by atoms with Crippen molar-refractivity contribution in [1.29, 1.82) is 0 Å². The van der Waals surface area contributed by atoms with Gasteiger partial charge in [0.05, 0.1) is 0 Å². The van der Waals surface area contributed by atoms with Crippen molar-refractivity contribution >= 4 is 0 Å². The van der Waals surface area contributed by atoms with E-state index in [-0.39, 0.29) is 21.7 Å². The van der Waals surface area contributed by atoms with E-state index in [9.17, 15) is 0 Å². The van der Waals surface area contributed by atoms with Gasteiger partial charge < -0.3 is 0 Å². The van der Waals surface area contributed by atoms with Crippen LogP contribution in [0.1, 0.15) is 25.0 Å². The second kappa shape index (κ2) is 6.78. The summed E-state index contributed by atoms with van der Waals surface area (Å²) in [5.74, 6) is 0. The zero-order valence-corrected chi connectivity index (χ0v) is 12.1.